The van der Waals surface area contributed by atoms with Gasteiger partial charge in [0.15, 0.2) is 0 Å². The number of nitrogens with zero attached hydrogens (tertiary/aromatic N) is 1. The van der Waals surface area contributed by atoms with Crippen LogP contribution in [0.1, 0.15) is 47.4 Å². The summed E-state index contributed by atoms with van der Waals surface area (Å²) in [5, 5.41) is 5.83. The van der Waals surface area contributed by atoms with Gasteiger partial charge in [0.05, 0.1) is 10.6 Å². The molecule has 0 aromatic heterocycles. The normalized spacial score (nSPS) is 15.4. The van der Waals surface area contributed by atoms with Gasteiger partial charge in [-0.25, -0.2) is 0 Å². The van der Waals surface area contributed by atoms with Crippen molar-refractivity contribution in [3.63, 3.8) is 0 Å². The molecule has 0 aliphatic carbocycles. The zero-order valence-corrected chi connectivity index (χ0v) is 18.4. The van der Waals surface area contributed by atoms with Gasteiger partial charge in [0.25, 0.3) is 17.7 Å². The Labute approximate surface area is 186 Å². The molecule has 1 fully saturated rings. The Hall–Kier alpha value is -2.90. The van der Waals surface area contributed by atoms with Crippen molar-refractivity contribution in [2.24, 2.45) is 0 Å². The number of nitrogens with one attached hydrogen (secondary N) is 2. The van der Waals surface area contributed by atoms with Gasteiger partial charge >= 0.3 is 0 Å². The van der Waals surface area contributed by atoms with Crippen molar-refractivity contribution in [1.82, 2.24) is 4.90 Å². The molecule has 8 heteroatoms. The SMILES string of the molecule is CCN(CC)C(=O)c1ccc(NC(=O)c2cccc(NC(=O)C3CCCO3)c2)cc1Cl. The maximum atomic E-state index is 12.7. The lowest BCUT2D eigenvalue weighted by molar-refractivity contribution is -0.124. The second kappa shape index (κ2) is 10.4. The topological polar surface area (TPSA) is 87.7 Å². The number of hydrogen-bond acceptors (Lipinski definition) is 4. The molecule has 1 atom stereocenters. The molecule has 2 aromatic carbocycles. The molecule has 1 aliphatic heterocycles. The average Bonchev–Trinajstić information content (AvgIpc) is 3.30. The first-order chi connectivity index (χ1) is 14.9. The molecule has 0 spiro atoms. The van der Waals surface area contributed by atoms with Crippen molar-refractivity contribution in [2.45, 2.75) is 32.8 Å². The number of benzene rings is 2. The van der Waals surface area contributed by atoms with Gasteiger partial charge in [0.1, 0.15) is 6.10 Å². The van der Waals surface area contributed by atoms with Crippen molar-refractivity contribution < 1.29 is 19.1 Å². The lowest BCUT2D eigenvalue weighted by Gasteiger charge is -2.19. The maximum Gasteiger partial charge on any atom is 0.255 e. The maximum absolute atomic E-state index is 12.7. The average molecular weight is 444 g/mol. The van der Waals surface area contributed by atoms with Crippen molar-refractivity contribution in [3.05, 3.63) is 58.6 Å². The van der Waals surface area contributed by atoms with Gasteiger partial charge in [-0.3, -0.25) is 14.4 Å². The van der Waals surface area contributed by atoms with Crippen LogP contribution >= 0.6 is 11.6 Å². The van der Waals surface area contributed by atoms with Gasteiger partial charge in [-0.05, 0) is 63.1 Å². The van der Waals surface area contributed by atoms with E-state index in [1.807, 2.05) is 13.8 Å². The zero-order chi connectivity index (χ0) is 22.4. The van der Waals surface area contributed by atoms with Crippen LogP contribution in [-0.2, 0) is 9.53 Å². The van der Waals surface area contributed by atoms with Crippen LogP contribution in [0.3, 0.4) is 0 Å². The summed E-state index contributed by atoms with van der Waals surface area (Å²) in [6.45, 7) is 5.57. The van der Waals surface area contributed by atoms with Crippen LogP contribution in [-0.4, -0.2) is 48.4 Å². The lowest BCUT2D eigenvalue weighted by atomic mass is 10.1. The Morgan fingerprint density at radius 2 is 1.81 bits per heavy atom. The molecule has 1 aliphatic rings. The Morgan fingerprint density at radius 3 is 2.45 bits per heavy atom. The van der Waals surface area contributed by atoms with E-state index in [1.165, 1.54) is 0 Å². The van der Waals surface area contributed by atoms with E-state index in [2.05, 4.69) is 10.6 Å². The molecule has 164 valence electrons. The molecule has 1 unspecified atom stereocenters. The molecular formula is C23H26ClN3O4. The van der Waals surface area contributed by atoms with Crippen LogP contribution in [0, 0.1) is 0 Å². The highest BCUT2D eigenvalue weighted by Crippen LogP contribution is 2.23. The molecule has 7 nitrogen and oxygen atoms in total. The second-order valence-corrected chi connectivity index (χ2v) is 7.61. The van der Waals surface area contributed by atoms with Gasteiger partial charge < -0.3 is 20.3 Å². The van der Waals surface area contributed by atoms with E-state index in [-0.39, 0.29) is 22.7 Å². The fourth-order valence-corrected chi connectivity index (χ4v) is 3.66. The van der Waals surface area contributed by atoms with Gasteiger partial charge in [0, 0.05) is 36.6 Å². The predicted molar refractivity (Wildman–Crippen MR) is 121 cm³/mol. The summed E-state index contributed by atoms with van der Waals surface area (Å²) < 4.78 is 5.38. The largest absolute Gasteiger partial charge is 0.368 e. The van der Waals surface area contributed by atoms with Gasteiger partial charge in [-0.15, -0.1) is 0 Å². The van der Waals surface area contributed by atoms with Gasteiger partial charge in [-0.1, -0.05) is 17.7 Å². The first-order valence-electron chi connectivity index (χ1n) is 10.4. The highest BCUT2D eigenvalue weighted by atomic mass is 35.5. The molecular weight excluding hydrogens is 418 g/mol. The number of anilines is 2. The molecule has 0 bridgehead atoms. The summed E-state index contributed by atoms with van der Waals surface area (Å²) in [5.74, 6) is -0.718. The summed E-state index contributed by atoms with van der Waals surface area (Å²) >= 11 is 6.30. The highest BCUT2D eigenvalue weighted by molar-refractivity contribution is 6.34. The van der Waals surface area contributed by atoms with E-state index in [0.29, 0.717) is 48.6 Å². The van der Waals surface area contributed by atoms with Crippen molar-refractivity contribution >= 4 is 40.7 Å². The third kappa shape index (κ3) is 5.62. The third-order valence-corrected chi connectivity index (χ3v) is 5.44. The van der Waals surface area contributed by atoms with Crippen LogP contribution in [0.5, 0.6) is 0 Å². The molecule has 3 rings (SSSR count). The van der Waals surface area contributed by atoms with E-state index in [4.69, 9.17) is 16.3 Å². The quantitative estimate of drug-likeness (QED) is 0.671. The van der Waals surface area contributed by atoms with Crippen LogP contribution in [0.25, 0.3) is 0 Å². The standard InChI is InChI=1S/C23H26ClN3O4/c1-3-27(4-2)23(30)18-11-10-17(14-19(18)24)25-21(28)15-7-5-8-16(13-15)26-22(29)20-9-6-12-31-20/h5,7-8,10-11,13-14,20H,3-4,6,9,12H2,1-2H3,(H,25,28)(H,26,29). The predicted octanol–water partition coefficient (Wildman–Crippen LogP) is 4.19. The first-order valence-corrected chi connectivity index (χ1v) is 10.7. The fourth-order valence-electron chi connectivity index (χ4n) is 3.40. The van der Waals surface area contributed by atoms with Crippen molar-refractivity contribution in [1.29, 1.82) is 0 Å². The van der Waals surface area contributed by atoms with Crippen LogP contribution in [0.4, 0.5) is 11.4 Å². The van der Waals surface area contributed by atoms with Gasteiger partial charge in [-0.2, -0.15) is 0 Å². The van der Waals surface area contributed by atoms with Crippen LogP contribution in [0.15, 0.2) is 42.5 Å². The smallest absolute Gasteiger partial charge is 0.255 e. The number of carbonyl (C=O) groups is 3. The van der Waals surface area contributed by atoms with E-state index in [0.717, 1.165) is 6.42 Å². The molecule has 0 saturated carbocycles. The molecule has 3 amide bonds. The minimum atomic E-state index is -0.447. The minimum absolute atomic E-state index is 0.150. The minimum Gasteiger partial charge on any atom is -0.368 e. The Bertz CT molecular complexity index is 969. The number of carbonyl (C=O) groups excluding carboxylic acids is 3. The third-order valence-electron chi connectivity index (χ3n) is 5.12. The van der Waals surface area contributed by atoms with E-state index in [9.17, 15) is 14.4 Å². The van der Waals surface area contributed by atoms with Gasteiger partial charge in [0.2, 0.25) is 0 Å². The molecule has 2 aromatic rings. The molecule has 0 radical (unpaired) electrons. The summed E-state index contributed by atoms with van der Waals surface area (Å²) in [5.41, 5.74) is 1.76. The summed E-state index contributed by atoms with van der Waals surface area (Å²) in [6, 6.07) is 11.5. The molecule has 1 heterocycles. The Balaban J connectivity index is 1.68. The monoisotopic (exact) mass is 443 g/mol. The van der Waals surface area contributed by atoms with Crippen LogP contribution in [0.2, 0.25) is 5.02 Å². The number of ether oxygens (including phenoxy) is 1. The Morgan fingerprint density at radius 1 is 1.06 bits per heavy atom. The zero-order valence-electron chi connectivity index (χ0n) is 17.6. The second-order valence-electron chi connectivity index (χ2n) is 7.20. The fraction of sp³-hybridized carbons (Fsp3) is 0.348. The number of rotatable bonds is 7. The van der Waals surface area contributed by atoms with Crippen molar-refractivity contribution in [2.75, 3.05) is 30.3 Å². The van der Waals surface area contributed by atoms with Crippen LogP contribution < -0.4 is 10.6 Å². The number of amides is 3. The first kappa shape index (κ1) is 22.8. The van der Waals surface area contributed by atoms with E-state index < -0.39 is 6.10 Å². The number of halogens is 1. The molecule has 31 heavy (non-hydrogen) atoms. The molecule has 2 N–H and O–H groups in total. The van der Waals surface area contributed by atoms with E-state index >= 15 is 0 Å². The lowest BCUT2D eigenvalue weighted by Crippen LogP contribution is -2.30. The summed E-state index contributed by atoms with van der Waals surface area (Å²) in [4.78, 5) is 39.1. The highest BCUT2D eigenvalue weighted by Gasteiger charge is 2.23. The van der Waals surface area contributed by atoms with E-state index in [1.54, 1.807) is 47.4 Å². The number of hydrogen-bond donors (Lipinski definition) is 2. The van der Waals surface area contributed by atoms with Crippen molar-refractivity contribution in [3.8, 4) is 0 Å². The summed E-state index contributed by atoms with van der Waals surface area (Å²) in [7, 11) is 0. The Kier molecular flexibility index (Phi) is 7.65. The molecule has 1 saturated heterocycles. The summed E-state index contributed by atoms with van der Waals surface area (Å²) in [6.07, 6.45) is 1.11.